The van der Waals surface area contributed by atoms with Crippen molar-refractivity contribution in [2.75, 3.05) is 5.43 Å². The van der Waals surface area contributed by atoms with Crippen molar-refractivity contribution in [3.8, 4) is 10.4 Å². The highest BCUT2D eigenvalue weighted by Crippen LogP contribution is 2.29. The average Bonchev–Trinajstić information content (AvgIpc) is 3.06. The van der Waals surface area contributed by atoms with E-state index in [1.807, 2.05) is 25.1 Å². The number of rotatable bonds is 4. The largest absolute Gasteiger partial charge is 0.288 e. The molecule has 24 heavy (non-hydrogen) atoms. The van der Waals surface area contributed by atoms with Gasteiger partial charge < -0.3 is 0 Å². The molecular formula is C16H14BrN5OS. The summed E-state index contributed by atoms with van der Waals surface area (Å²) in [6.45, 7) is 3.49. The molecule has 0 aliphatic heterocycles. The summed E-state index contributed by atoms with van der Waals surface area (Å²) in [5.41, 5.74) is 4.72. The Morgan fingerprint density at radius 1 is 1.21 bits per heavy atom. The summed E-state index contributed by atoms with van der Waals surface area (Å²) in [6, 6.07) is 12.3. The van der Waals surface area contributed by atoms with E-state index in [2.05, 4.69) is 59.8 Å². The summed E-state index contributed by atoms with van der Waals surface area (Å²) in [5.74, 6) is 0.217. The molecule has 0 spiro atoms. The van der Waals surface area contributed by atoms with Crippen molar-refractivity contribution in [1.82, 2.24) is 15.2 Å². The van der Waals surface area contributed by atoms with E-state index in [9.17, 15) is 4.79 Å². The number of halogens is 1. The number of aromatic nitrogens is 3. The normalized spacial score (nSPS) is 11.5. The zero-order valence-corrected chi connectivity index (χ0v) is 15.4. The van der Waals surface area contributed by atoms with Crippen LogP contribution in [0, 0.1) is 6.92 Å². The number of hydrogen-bond acceptors (Lipinski definition) is 6. The van der Waals surface area contributed by atoms with E-state index >= 15 is 0 Å². The van der Waals surface area contributed by atoms with Gasteiger partial charge in [0.25, 0.3) is 5.56 Å². The minimum Gasteiger partial charge on any atom is -0.288 e. The van der Waals surface area contributed by atoms with Gasteiger partial charge in [-0.3, -0.25) is 9.78 Å². The van der Waals surface area contributed by atoms with Crippen LogP contribution in [-0.2, 0) is 0 Å². The summed E-state index contributed by atoms with van der Waals surface area (Å²) in [4.78, 5) is 16.3. The van der Waals surface area contributed by atoms with Crippen molar-refractivity contribution in [1.29, 1.82) is 0 Å². The Morgan fingerprint density at radius 2 is 1.96 bits per heavy atom. The highest BCUT2D eigenvalue weighted by atomic mass is 79.9. The van der Waals surface area contributed by atoms with Gasteiger partial charge in [0, 0.05) is 9.35 Å². The predicted molar refractivity (Wildman–Crippen MR) is 101 cm³/mol. The molecule has 0 aliphatic carbocycles. The van der Waals surface area contributed by atoms with E-state index in [0.717, 1.165) is 25.5 Å². The number of aryl methyl sites for hydroxylation is 1. The molecule has 2 heterocycles. The monoisotopic (exact) mass is 403 g/mol. The molecule has 0 radical (unpaired) electrons. The zero-order valence-electron chi connectivity index (χ0n) is 13.0. The molecule has 2 aromatic heterocycles. The van der Waals surface area contributed by atoms with Crippen molar-refractivity contribution in [2.45, 2.75) is 13.8 Å². The van der Waals surface area contributed by atoms with Crippen molar-refractivity contribution in [3.63, 3.8) is 0 Å². The molecule has 3 rings (SSSR count). The highest BCUT2D eigenvalue weighted by Gasteiger charge is 2.06. The minimum absolute atomic E-state index is 0.217. The van der Waals surface area contributed by atoms with Crippen LogP contribution in [0.1, 0.15) is 17.5 Å². The van der Waals surface area contributed by atoms with E-state index in [4.69, 9.17) is 0 Å². The van der Waals surface area contributed by atoms with Crippen LogP contribution >= 0.6 is 27.3 Å². The number of H-pyrrole nitrogens is 1. The molecular weight excluding hydrogens is 390 g/mol. The Bertz CT molecular complexity index is 946. The maximum Gasteiger partial charge on any atom is 0.274 e. The van der Waals surface area contributed by atoms with Gasteiger partial charge in [0.05, 0.1) is 10.6 Å². The van der Waals surface area contributed by atoms with Crippen LogP contribution in [0.5, 0.6) is 0 Å². The van der Waals surface area contributed by atoms with Crippen molar-refractivity contribution >= 4 is 38.9 Å². The number of anilines is 1. The fraction of sp³-hybridized carbons (Fsp3) is 0.125. The standard InChI is InChI=1S/C16H14BrN5OS/c1-9(19-21-16-18-15(23)10(2)20-22-16)13-7-8-14(24-13)11-3-5-12(17)6-4-11/h3-8H,1-2H3,(H2,18,21,22,23)/b19-9-. The first-order valence-electron chi connectivity index (χ1n) is 7.13. The van der Waals surface area contributed by atoms with Gasteiger partial charge >= 0.3 is 0 Å². The van der Waals surface area contributed by atoms with Gasteiger partial charge in [-0.1, -0.05) is 28.1 Å². The van der Waals surface area contributed by atoms with Crippen LogP contribution in [0.25, 0.3) is 10.4 Å². The van der Waals surface area contributed by atoms with Crippen LogP contribution in [0.4, 0.5) is 5.95 Å². The number of nitrogens with one attached hydrogen (secondary N) is 2. The lowest BCUT2D eigenvalue weighted by Crippen LogP contribution is -2.15. The third-order valence-electron chi connectivity index (χ3n) is 3.28. The van der Waals surface area contributed by atoms with Gasteiger partial charge in [-0.2, -0.15) is 5.10 Å². The van der Waals surface area contributed by atoms with Crippen LogP contribution < -0.4 is 11.0 Å². The molecule has 0 unspecified atom stereocenters. The Hall–Kier alpha value is -2.32. The summed E-state index contributed by atoms with van der Waals surface area (Å²) >= 11 is 5.09. The second-order valence-corrected chi connectivity index (χ2v) is 7.07. The topological polar surface area (TPSA) is 83.0 Å². The van der Waals surface area contributed by atoms with Crippen LogP contribution in [-0.4, -0.2) is 20.9 Å². The van der Waals surface area contributed by atoms with E-state index in [0.29, 0.717) is 5.69 Å². The van der Waals surface area contributed by atoms with E-state index in [1.165, 1.54) is 0 Å². The molecule has 2 N–H and O–H groups in total. The maximum atomic E-state index is 11.5. The Morgan fingerprint density at radius 3 is 2.67 bits per heavy atom. The lowest BCUT2D eigenvalue weighted by Gasteiger charge is -2.00. The fourth-order valence-corrected chi connectivity index (χ4v) is 3.16. The summed E-state index contributed by atoms with van der Waals surface area (Å²) in [5, 5.41) is 11.8. The minimum atomic E-state index is -0.283. The molecule has 6 nitrogen and oxygen atoms in total. The van der Waals surface area contributed by atoms with Gasteiger partial charge in [-0.15, -0.1) is 21.5 Å². The number of aromatic amines is 1. The van der Waals surface area contributed by atoms with Gasteiger partial charge in [0.2, 0.25) is 5.95 Å². The first-order valence-corrected chi connectivity index (χ1v) is 8.74. The molecule has 0 saturated heterocycles. The summed E-state index contributed by atoms with van der Waals surface area (Å²) < 4.78 is 1.05. The molecule has 0 aliphatic rings. The molecule has 0 bridgehead atoms. The molecule has 0 saturated carbocycles. The third kappa shape index (κ3) is 3.77. The van der Waals surface area contributed by atoms with Crippen molar-refractivity contribution in [3.05, 3.63) is 61.8 Å². The first kappa shape index (κ1) is 16.5. The third-order valence-corrected chi connectivity index (χ3v) is 5.05. The van der Waals surface area contributed by atoms with Crippen LogP contribution in [0.15, 0.2) is 50.8 Å². The summed E-state index contributed by atoms with van der Waals surface area (Å²) in [6.07, 6.45) is 0. The lowest BCUT2D eigenvalue weighted by molar-refractivity contribution is 0.897. The predicted octanol–water partition coefficient (Wildman–Crippen LogP) is 3.80. The van der Waals surface area contributed by atoms with Gasteiger partial charge in [0.15, 0.2) is 0 Å². The number of thiophene rings is 1. The molecule has 8 heteroatoms. The SMILES string of the molecule is C/C(=N/Nc1nnc(C)c(=O)[nH]1)c1ccc(-c2ccc(Br)cc2)s1. The first-order chi connectivity index (χ1) is 11.5. The van der Waals surface area contributed by atoms with E-state index < -0.39 is 0 Å². The second kappa shape index (κ2) is 7.06. The summed E-state index contributed by atoms with van der Waals surface area (Å²) in [7, 11) is 0. The molecule has 0 atom stereocenters. The second-order valence-electron chi connectivity index (χ2n) is 5.07. The van der Waals surface area contributed by atoms with Crippen LogP contribution in [0.3, 0.4) is 0 Å². The molecule has 0 amide bonds. The average molecular weight is 404 g/mol. The van der Waals surface area contributed by atoms with Crippen molar-refractivity contribution in [2.24, 2.45) is 5.10 Å². The molecule has 1 aromatic carbocycles. The van der Waals surface area contributed by atoms with Crippen LogP contribution in [0.2, 0.25) is 0 Å². The lowest BCUT2D eigenvalue weighted by atomic mass is 10.2. The van der Waals surface area contributed by atoms with Gasteiger partial charge in [0.1, 0.15) is 5.69 Å². The number of benzene rings is 1. The highest BCUT2D eigenvalue weighted by molar-refractivity contribution is 9.10. The van der Waals surface area contributed by atoms with Crippen molar-refractivity contribution < 1.29 is 0 Å². The number of hydrazone groups is 1. The van der Waals surface area contributed by atoms with E-state index in [-0.39, 0.29) is 11.5 Å². The fourth-order valence-electron chi connectivity index (χ4n) is 1.94. The van der Waals surface area contributed by atoms with E-state index in [1.54, 1.807) is 18.3 Å². The Labute approximate surface area is 150 Å². The molecule has 0 fully saturated rings. The van der Waals surface area contributed by atoms with Gasteiger partial charge in [-0.05, 0) is 43.7 Å². The number of hydrogen-bond donors (Lipinski definition) is 2. The Kier molecular flexibility index (Phi) is 4.86. The number of nitrogens with zero attached hydrogens (tertiary/aromatic N) is 3. The molecule has 122 valence electrons. The Balaban J connectivity index is 1.77. The van der Waals surface area contributed by atoms with Gasteiger partial charge in [-0.25, -0.2) is 5.43 Å². The maximum absolute atomic E-state index is 11.5. The quantitative estimate of drug-likeness (QED) is 0.512. The smallest absolute Gasteiger partial charge is 0.274 e. The molecule has 3 aromatic rings. The zero-order chi connectivity index (χ0) is 17.1.